The van der Waals surface area contributed by atoms with E-state index in [2.05, 4.69) is 5.32 Å². The minimum atomic E-state index is -0.998. The van der Waals surface area contributed by atoms with Crippen molar-refractivity contribution in [1.29, 1.82) is 0 Å². The van der Waals surface area contributed by atoms with Crippen molar-refractivity contribution in [3.8, 4) is 0 Å². The number of carbonyl (C=O) groups excluding carboxylic acids is 1. The molecule has 2 unspecified atom stereocenters. The van der Waals surface area contributed by atoms with Crippen LogP contribution in [-0.2, 0) is 11.8 Å². The first-order valence-corrected chi connectivity index (χ1v) is 5.62. The zero-order valence-corrected chi connectivity index (χ0v) is 10.3. The Kier molecular flexibility index (Phi) is 4.31. The van der Waals surface area contributed by atoms with E-state index < -0.39 is 12.0 Å². The molecular formula is C12H18N2O3. The van der Waals surface area contributed by atoms with Crippen LogP contribution in [0.3, 0.4) is 0 Å². The molecule has 0 spiro atoms. The van der Waals surface area contributed by atoms with Crippen LogP contribution in [0.4, 0.5) is 0 Å². The van der Waals surface area contributed by atoms with Gasteiger partial charge >= 0.3 is 5.97 Å². The number of nitrogens with zero attached hydrogens (tertiary/aromatic N) is 1. The molecule has 1 amide bonds. The predicted molar refractivity (Wildman–Crippen MR) is 63.8 cm³/mol. The lowest BCUT2D eigenvalue weighted by molar-refractivity contribution is -0.140. The summed E-state index contributed by atoms with van der Waals surface area (Å²) in [7, 11) is 1.74. The number of aromatic nitrogens is 1. The Hall–Kier alpha value is -1.78. The first-order chi connectivity index (χ1) is 7.97. The predicted octanol–water partition coefficient (Wildman–Crippen LogP) is 1.25. The maximum absolute atomic E-state index is 11.9. The van der Waals surface area contributed by atoms with E-state index in [0.29, 0.717) is 12.1 Å². The van der Waals surface area contributed by atoms with Gasteiger partial charge in [-0.15, -0.1) is 0 Å². The molecule has 0 saturated carbocycles. The molecular weight excluding hydrogens is 220 g/mol. The number of hydrogen-bond acceptors (Lipinski definition) is 2. The van der Waals surface area contributed by atoms with Crippen LogP contribution in [0.5, 0.6) is 0 Å². The minimum absolute atomic E-state index is 0.100. The molecule has 0 radical (unpaired) electrons. The number of carboxylic acid groups (broad SMARTS) is 1. The van der Waals surface area contributed by atoms with Gasteiger partial charge < -0.3 is 15.0 Å². The summed E-state index contributed by atoms with van der Waals surface area (Å²) < 4.78 is 1.66. The Labute approximate surface area is 100 Å². The van der Waals surface area contributed by atoms with Gasteiger partial charge in [-0.3, -0.25) is 4.79 Å². The molecule has 0 aliphatic carbocycles. The molecule has 17 heavy (non-hydrogen) atoms. The second kappa shape index (κ2) is 5.52. The summed E-state index contributed by atoms with van der Waals surface area (Å²) >= 11 is 0. The molecule has 0 fully saturated rings. The second-order valence-electron chi connectivity index (χ2n) is 4.18. The molecule has 5 heteroatoms. The number of rotatable bonds is 5. The van der Waals surface area contributed by atoms with E-state index in [4.69, 9.17) is 5.11 Å². The van der Waals surface area contributed by atoms with Crippen molar-refractivity contribution in [2.75, 3.05) is 0 Å². The number of amides is 1. The number of carbonyl (C=O) groups is 2. The standard InChI is InChI=1S/C12H18N2O3/c1-4-8(2)10(12(16)17)13-11(15)9-6-5-7-14(9)3/h5-8,10H,4H2,1-3H3,(H,13,15)(H,16,17). The third kappa shape index (κ3) is 3.09. The first kappa shape index (κ1) is 13.3. The average Bonchev–Trinajstić information content (AvgIpc) is 2.70. The molecule has 1 rings (SSSR count). The molecule has 1 aromatic heterocycles. The number of nitrogens with one attached hydrogen (secondary N) is 1. The van der Waals surface area contributed by atoms with Gasteiger partial charge in [0.1, 0.15) is 11.7 Å². The quantitative estimate of drug-likeness (QED) is 0.811. The SMILES string of the molecule is CCC(C)C(NC(=O)c1cccn1C)C(=O)O. The number of hydrogen-bond donors (Lipinski definition) is 2. The van der Waals surface area contributed by atoms with Crippen LogP contribution in [0, 0.1) is 5.92 Å². The molecule has 1 heterocycles. The van der Waals surface area contributed by atoms with E-state index in [0.717, 1.165) is 0 Å². The van der Waals surface area contributed by atoms with Crippen LogP contribution in [0.25, 0.3) is 0 Å². The van der Waals surface area contributed by atoms with Crippen LogP contribution in [0.1, 0.15) is 30.8 Å². The van der Waals surface area contributed by atoms with Gasteiger partial charge in [0, 0.05) is 13.2 Å². The van der Waals surface area contributed by atoms with E-state index in [1.807, 2.05) is 13.8 Å². The van der Waals surface area contributed by atoms with Crippen molar-refractivity contribution in [3.05, 3.63) is 24.0 Å². The highest BCUT2D eigenvalue weighted by Gasteiger charge is 2.26. The Balaban J connectivity index is 2.78. The Morgan fingerprint density at radius 1 is 1.53 bits per heavy atom. The maximum Gasteiger partial charge on any atom is 0.326 e. The van der Waals surface area contributed by atoms with E-state index in [9.17, 15) is 9.59 Å². The van der Waals surface area contributed by atoms with Gasteiger partial charge in [-0.1, -0.05) is 20.3 Å². The Morgan fingerprint density at radius 3 is 2.59 bits per heavy atom. The first-order valence-electron chi connectivity index (χ1n) is 5.62. The lowest BCUT2D eigenvalue weighted by Crippen LogP contribution is -2.45. The van der Waals surface area contributed by atoms with Crippen LogP contribution in [0.15, 0.2) is 18.3 Å². The van der Waals surface area contributed by atoms with Crippen LogP contribution in [-0.4, -0.2) is 27.6 Å². The summed E-state index contributed by atoms with van der Waals surface area (Å²) in [4.78, 5) is 22.9. The summed E-state index contributed by atoms with van der Waals surface area (Å²) in [5.74, 6) is -1.45. The molecule has 2 atom stereocenters. The summed E-state index contributed by atoms with van der Waals surface area (Å²) in [6.45, 7) is 3.71. The van der Waals surface area contributed by atoms with Crippen LogP contribution < -0.4 is 5.32 Å². The lowest BCUT2D eigenvalue weighted by Gasteiger charge is -2.20. The number of aryl methyl sites for hydroxylation is 1. The van der Waals surface area contributed by atoms with Crippen LogP contribution >= 0.6 is 0 Å². The molecule has 0 saturated heterocycles. The highest BCUT2D eigenvalue weighted by atomic mass is 16.4. The normalized spacial score (nSPS) is 14.1. The molecule has 94 valence electrons. The van der Waals surface area contributed by atoms with Crippen molar-refractivity contribution in [2.24, 2.45) is 13.0 Å². The van der Waals surface area contributed by atoms with E-state index in [1.165, 1.54) is 0 Å². The minimum Gasteiger partial charge on any atom is -0.480 e. The van der Waals surface area contributed by atoms with Gasteiger partial charge in [0.05, 0.1) is 0 Å². The summed E-state index contributed by atoms with van der Waals surface area (Å²) in [6.07, 6.45) is 2.44. The summed E-state index contributed by atoms with van der Waals surface area (Å²) in [6, 6.07) is 2.56. The zero-order valence-electron chi connectivity index (χ0n) is 10.3. The highest BCUT2D eigenvalue weighted by Crippen LogP contribution is 2.09. The van der Waals surface area contributed by atoms with Crippen molar-refractivity contribution in [3.63, 3.8) is 0 Å². The van der Waals surface area contributed by atoms with Crippen molar-refractivity contribution >= 4 is 11.9 Å². The lowest BCUT2D eigenvalue weighted by atomic mass is 9.99. The second-order valence-corrected chi connectivity index (χ2v) is 4.18. The molecule has 5 nitrogen and oxygen atoms in total. The Bertz CT molecular complexity index is 412. The molecule has 0 aromatic carbocycles. The van der Waals surface area contributed by atoms with Gasteiger partial charge in [-0.2, -0.15) is 0 Å². The van der Waals surface area contributed by atoms with Gasteiger partial charge in [0.15, 0.2) is 0 Å². The molecule has 0 aliphatic rings. The fourth-order valence-electron chi connectivity index (χ4n) is 1.60. The average molecular weight is 238 g/mol. The highest BCUT2D eigenvalue weighted by molar-refractivity contribution is 5.95. The molecule has 0 bridgehead atoms. The van der Waals surface area contributed by atoms with Gasteiger partial charge in [-0.05, 0) is 18.1 Å². The zero-order chi connectivity index (χ0) is 13.0. The fourth-order valence-corrected chi connectivity index (χ4v) is 1.60. The molecule has 1 aromatic rings. The van der Waals surface area contributed by atoms with Crippen molar-refractivity contribution < 1.29 is 14.7 Å². The van der Waals surface area contributed by atoms with Gasteiger partial charge in [0.2, 0.25) is 0 Å². The van der Waals surface area contributed by atoms with Crippen molar-refractivity contribution in [1.82, 2.24) is 9.88 Å². The molecule has 2 N–H and O–H groups in total. The Morgan fingerprint density at radius 2 is 2.18 bits per heavy atom. The number of aliphatic carboxylic acids is 1. The van der Waals surface area contributed by atoms with Crippen LogP contribution in [0.2, 0.25) is 0 Å². The summed E-state index contributed by atoms with van der Waals surface area (Å²) in [5.41, 5.74) is 0.458. The third-order valence-electron chi connectivity index (χ3n) is 2.94. The fraction of sp³-hybridized carbons (Fsp3) is 0.500. The third-order valence-corrected chi connectivity index (χ3v) is 2.94. The van der Waals surface area contributed by atoms with Gasteiger partial charge in [-0.25, -0.2) is 4.79 Å². The summed E-state index contributed by atoms with van der Waals surface area (Å²) in [5, 5.41) is 11.6. The van der Waals surface area contributed by atoms with Gasteiger partial charge in [0.25, 0.3) is 5.91 Å². The largest absolute Gasteiger partial charge is 0.480 e. The smallest absolute Gasteiger partial charge is 0.326 e. The topological polar surface area (TPSA) is 71.3 Å². The van der Waals surface area contributed by atoms with E-state index >= 15 is 0 Å². The number of carboxylic acids is 1. The van der Waals surface area contributed by atoms with E-state index in [1.54, 1.807) is 29.9 Å². The van der Waals surface area contributed by atoms with E-state index in [-0.39, 0.29) is 11.8 Å². The maximum atomic E-state index is 11.9. The monoisotopic (exact) mass is 238 g/mol. The molecule has 0 aliphatic heterocycles. The van der Waals surface area contributed by atoms with Crippen molar-refractivity contribution in [2.45, 2.75) is 26.3 Å².